The molecule has 0 bridgehead atoms. The van der Waals surface area contributed by atoms with Crippen molar-refractivity contribution in [3.8, 4) is 0 Å². The minimum Gasteiger partial charge on any atom is -0.144 e. The Morgan fingerprint density at radius 3 is 3.07 bits per heavy atom. The Kier molecular flexibility index (Phi) is 3.36. The van der Waals surface area contributed by atoms with E-state index in [0.717, 1.165) is 12.8 Å². The molecule has 0 unspecified atom stereocenters. The lowest BCUT2D eigenvalue weighted by Gasteiger charge is -1.98. The van der Waals surface area contributed by atoms with Crippen LogP contribution in [0, 0.1) is 6.58 Å². The van der Waals surface area contributed by atoms with Crippen LogP contribution in [-0.4, -0.2) is 0 Å². The van der Waals surface area contributed by atoms with Gasteiger partial charge < -0.3 is 0 Å². The maximum absolute atomic E-state index is 5.26. The SMILES string of the molecule is [CH]=CC=CCCc1ccc2ccsc2c1. The van der Waals surface area contributed by atoms with Gasteiger partial charge in [-0.25, -0.2) is 0 Å². The van der Waals surface area contributed by atoms with Crippen molar-refractivity contribution in [3.05, 3.63) is 60.0 Å². The first kappa shape index (κ1) is 10.2. The highest BCUT2D eigenvalue weighted by Gasteiger charge is 1.96. The van der Waals surface area contributed by atoms with Gasteiger partial charge in [-0.1, -0.05) is 36.9 Å². The average molecular weight is 213 g/mol. The van der Waals surface area contributed by atoms with Gasteiger partial charge >= 0.3 is 0 Å². The smallest absolute Gasteiger partial charge is 0.0345 e. The molecule has 0 saturated carbocycles. The van der Waals surface area contributed by atoms with Crippen molar-refractivity contribution in [2.75, 3.05) is 0 Å². The molecule has 0 aliphatic rings. The van der Waals surface area contributed by atoms with E-state index in [0.29, 0.717) is 0 Å². The third kappa shape index (κ3) is 2.57. The molecule has 0 amide bonds. The van der Waals surface area contributed by atoms with Gasteiger partial charge in [0.25, 0.3) is 0 Å². The van der Waals surface area contributed by atoms with Crippen LogP contribution in [0.2, 0.25) is 0 Å². The largest absolute Gasteiger partial charge is 0.144 e. The molecule has 1 radical (unpaired) electrons. The summed E-state index contributed by atoms with van der Waals surface area (Å²) in [7, 11) is 0. The molecule has 0 nitrogen and oxygen atoms in total. The highest BCUT2D eigenvalue weighted by Crippen LogP contribution is 2.22. The molecule has 15 heavy (non-hydrogen) atoms. The zero-order chi connectivity index (χ0) is 10.5. The van der Waals surface area contributed by atoms with Crippen molar-refractivity contribution < 1.29 is 0 Å². The van der Waals surface area contributed by atoms with Crippen LogP contribution in [0.15, 0.2) is 47.9 Å². The molecule has 0 aliphatic carbocycles. The number of hydrogen-bond acceptors (Lipinski definition) is 1. The quantitative estimate of drug-likeness (QED) is 0.661. The Hall–Kier alpha value is -1.34. The maximum Gasteiger partial charge on any atom is 0.0345 e. The molecule has 0 fully saturated rings. The number of benzene rings is 1. The predicted octanol–water partition coefficient (Wildman–Crippen LogP) is 4.38. The molecule has 75 valence electrons. The fourth-order valence-electron chi connectivity index (χ4n) is 1.58. The molecule has 1 heterocycles. The van der Waals surface area contributed by atoms with Crippen LogP contribution in [0.5, 0.6) is 0 Å². The van der Waals surface area contributed by atoms with Crippen LogP contribution in [0.4, 0.5) is 0 Å². The van der Waals surface area contributed by atoms with Gasteiger partial charge in [0, 0.05) is 4.70 Å². The number of aryl methyl sites for hydroxylation is 1. The number of rotatable bonds is 4. The first-order chi connectivity index (χ1) is 7.40. The third-order valence-electron chi connectivity index (χ3n) is 2.37. The molecule has 0 N–H and O–H groups in total. The summed E-state index contributed by atoms with van der Waals surface area (Å²) >= 11 is 1.80. The lowest BCUT2D eigenvalue weighted by Crippen LogP contribution is -1.81. The summed E-state index contributed by atoms with van der Waals surface area (Å²) in [6.07, 6.45) is 7.69. The van der Waals surface area contributed by atoms with Gasteiger partial charge in [0.15, 0.2) is 0 Å². The number of fused-ring (bicyclic) bond motifs is 1. The van der Waals surface area contributed by atoms with Crippen molar-refractivity contribution in [2.24, 2.45) is 0 Å². The Morgan fingerprint density at radius 2 is 2.20 bits per heavy atom. The predicted molar refractivity (Wildman–Crippen MR) is 68.2 cm³/mol. The average Bonchev–Trinajstić information content (AvgIpc) is 2.71. The first-order valence-corrected chi connectivity index (χ1v) is 5.94. The van der Waals surface area contributed by atoms with Gasteiger partial charge in [-0.15, -0.1) is 11.3 Å². The molecule has 1 aromatic carbocycles. The van der Waals surface area contributed by atoms with E-state index in [4.69, 9.17) is 6.58 Å². The molecule has 0 aliphatic heterocycles. The van der Waals surface area contributed by atoms with E-state index in [1.807, 2.05) is 6.08 Å². The summed E-state index contributed by atoms with van der Waals surface area (Å²) < 4.78 is 1.38. The molecule has 2 aromatic rings. The zero-order valence-corrected chi connectivity index (χ0v) is 9.34. The van der Waals surface area contributed by atoms with Crippen LogP contribution < -0.4 is 0 Å². The molecule has 0 atom stereocenters. The van der Waals surface area contributed by atoms with E-state index in [1.54, 1.807) is 17.4 Å². The second-order valence-corrected chi connectivity index (χ2v) is 4.40. The van der Waals surface area contributed by atoms with Crippen molar-refractivity contribution in [2.45, 2.75) is 12.8 Å². The molecule has 0 saturated heterocycles. The maximum atomic E-state index is 5.26. The Labute approximate surface area is 94.6 Å². The van der Waals surface area contributed by atoms with Crippen LogP contribution in [-0.2, 0) is 6.42 Å². The highest BCUT2D eigenvalue weighted by molar-refractivity contribution is 7.17. The van der Waals surface area contributed by atoms with E-state index in [2.05, 4.69) is 35.7 Å². The molecular weight excluding hydrogens is 200 g/mol. The standard InChI is InChI=1S/C14H13S/c1-2-3-4-5-6-12-7-8-13-9-10-15-14(13)11-12/h1-4,7-11H,5-6H2. The molecule has 2 rings (SSSR count). The summed E-state index contributed by atoms with van der Waals surface area (Å²) in [5.41, 5.74) is 1.40. The van der Waals surface area contributed by atoms with Crippen molar-refractivity contribution >= 4 is 21.4 Å². The summed E-state index contributed by atoms with van der Waals surface area (Å²) in [6.45, 7) is 5.26. The van der Waals surface area contributed by atoms with E-state index in [-0.39, 0.29) is 0 Å². The Balaban J connectivity index is 2.07. The van der Waals surface area contributed by atoms with Crippen molar-refractivity contribution in [1.29, 1.82) is 0 Å². The minimum atomic E-state index is 1.05. The van der Waals surface area contributed by atoms with Gasteiger partial charge in [0.1, 0.15) is 0 Å². The van der Waals surface area contributed by atoms with Crippen LogP contribution in [0.3, 0.4) is 0 Å². The lowest BCUT2D eigenvalue weighted by molar-refractivity contribution is 1.00. The summed E-state index contributed by atoms with van der Waals surface area (Å²) in [5, 5.41) is 3.48. The molecular formula is C14H13S. The second-order valence-electron chi connectivity index (χ2n) is 3.45. The zero-order valence-electron chi connectivity index (χ0n) is 8.52. The van der Waals surface area contributed by atoms with Gasteiger partial charge in [-0.05, 0) is 41.3 Å². The normalized spacial score (nSPS) is 11.2. The molecule has 1 heteroatoms. The van der Waals surface area contributed by atoms with Gasteiger partial charge in [-0.2, -0.15) is 0 Å². The summed E-state index contributed by atoms with van der Waals surface area (Å²) in [6, 6.07) is 8.84. The van der Waals surface area contributed by atoms with Crippen LogP contribution >= 0.6 is 11.3 Å². The Morgan fingerprint density at radius 1 is 1.27 bits per heavy atom. The summed E-state index contributed by atoms with van der Waals surface area (Å²) in [4.78, 5) is 0. The fraction of sp³-hybridized carbons (Fsp3) is 0.143. The van der Waals surface area contributed by atoms with E-state index < -0.39 is 0 Å². The van der Waals surface area contributed by atoms with Crippen LogP contribution in [0.25, 0.3) is 10.1 Å². The minimum absolute atomic E-state index is 1.05. The molecule has 0 spiro atoms. The second kappa shape index (κ2) is 4.94. The van der Waals surface area contributed by atoms with E-state index in [9.17, 15) is 0 Å². The molecule has 1 aromatic heterocycles. The van der Waals surface area contributed by atoms with Crippen molar-refractivity contribution in [3.63, 3.8) is 0 Å². The van der Waals surface area contributed by atoms with Crippen molar-refractivity contribution in [1.82, 2.24) is 0 Å². The topological polar surface area (TPSA) is 0 Å². The number of hydrogen-bond donors (Lipinski definition) is 0. The number of thiophene rings is 1. The van der Waals surface area contributed by atoms with Gasteiger partial charge in [-0.3, -0.25) is 0 Å². The fourth-order valence-corrected chi connectivity index (χ4v) is 2.43. The van der Waals surface area contributed by atoms with Gasteiger partial charge in [0.2, 0.25) is 0 Å². The lowest BCUT2D eigenvalue weighted by atomic mass is 10.1. The highest BCUT2D eigenvalue weighted by atomic mass is 32.1. The first-order valence-electron chi connectivity index (χ1n) is 5.06. The Bertz CT molecular complexity index is 477. The van der Waals surface area contributed by atoms with Gasteiger partial charge in [0.05, 0.1) is 0 Å². The monoisotopic (exact) mass is 213 g/mol. The number of allylic oxidation sites excluding steroid dienone is 3. The summed E-state index contributed by atoms with van der Waals surface area (Å²) in [5.74, 6) is 0. The third-order valence-corrected chi connectivity index (χ3v) is 3.25. The van der Waals surface area contributed by atoms with Crippen LogP contribution in [0.1, 0.15) is 12.0 Å². The van der Waals surface area contributed by atoms with E-state index in [1.165, 1.54) is 15.6 Å². The van der Waals surface area contributed by atoms with E-state index >= 15 is 0 Å².